The fraction of sp³-hybridized carbons (Fsp3) is 0.300. The molecule has 13 heavy (non-hydrogen) atoms. The van der Waals surface area contributed by atoms with Crippen molar-refractivity contribution >= 4 is 5.91 Å². The third-order valence-electron chi connectivity index (χ3n) is 1.83. The van der Waals surface area contributed by atoms with Crippen LogP contribution in [-0.4, -0.2) is 12.5 Å². The van der Waals surface area contributed by atoms with E-state index < -0.39 is 0 Å². The zero-order valence-electron chi connectivity index (χ0n) is 7.66. The number of nitrogens with one attached hydrogen (secondary N) is 1. The molecule has 1 rings (SSSR count). The van der Waals surface area contributed by atoms with Gasteiger partial charge in [0.05, 0.1) is 0 Å². The maximum absolute atomic E-state index is 11.0. The van der Waals surface area contributed by atoms with Crippen LogP contribution in [0.2, 0.25) is 0 Å². The quantitative estimate of drug-likeness (QED) is 0.717. The molecule has 3 heteroatoms. The Labute approximate surface area is 77.9 Å². The minimum Gasteiger partial charge on any atom is -0.368 e. The van der Waals surface area contributed by atoms with E-state index in [0.29, 0.717) is 0 Å². The molecule has 0 aromatic heterocycles. The van der Waals surface area contributed by atoms with Crippen molar-refractivity contribution in [1.29, 1.82) is 0 Å². The zero-order chi connectivity index (χ0) is 9.68. The van der Waals surface area contributed by atoms with Crippen molar-refractivity contribution in [3.05, 3.63) is 35.9 Å². The predicted octanol–water partition coefficient (Wildman–Crippen LogP) is 0.822. The molecule has 1 aromatic rings. The lowest BCUT2D eigenvalue weighted by atomic mass is 10.1. The molecule has 0 radical (unpaired) electrons. The first-order valence-electron chi connectivity index (χ1n) is 4.33. The van der Waals surface area contributed by atoms with Crippen LogP contribution >= 0.6 is 0 Å². The molecule has 70 valence electrons. The van der Waals surface area contributed by atoms with Gasteiger partial charge in [0.1, 0.15) is 6.04 Å². The highest BCUT2D eigenvalue weighted by molar-refractivity contribution is 5.81. The molecule has 0 aliphatic carbocycles. The van der Waals surface area contributed by atoms with Crippen LogP contribution in [0.25, 0.3) is 0 Å². The van der Waals surface area contributed by atoms with Crippen LogP contribution in [0, 0.1) is 0 Å². The number of primary amides is 1. The fourth-order valence-electron chi connectivity index (χ4n) is 1.23. The normalized spacial score (nSPS) is 12.4. The Morgan fingerprint density at radius 2 is 2.08 bits per heavy atom. The number of benzene rings is 1. The summed E-state index contributed by atoms with van der Waals surface area (Å²) >= 11 is 0. The lowest BCUT2D eigenvalue weighted by molar-refractivity contribution is -0.120. The Morgan fingerprint density at radius 3 is 2.54 bits per heavy atom. The van der Waals surface area contributed by atoms with Gasteiger partial charge in [-0.3, -0.25) is 4.79 Å². The molecule has 0 aliphatic heterocycles. The molecule has 0 saturated carbocycles. The Balaban J connectivity index is 2.82. The first-order chi connectivity index (χ1) is 6.25. The zero-order valence-corrected chi connectivity index (χ0v) is 7.66. The molecule has 3 nitrogen and oxygen atoms in total. The van der Waals surface area contributed by atoms with Gasteiger partial charge in [-0.25, -0.2) is 0 Å². The van der Waals surface area contributed by atoms with Crippen LogP contribution in [0.4, 0.5) is 0 Å². The first-order valence-corrected chi connectivity index (χ1v) is 4.33. The van der Waals surface area contributed by atoms with Gasteiger partial charge < -0.3 is 11.1 Å². The summed E-state index contributed by atoms with van der Waals surface area (Å²) in [5.41, 5.74) is 6.17. The van der Waals surface area contributed by atoms with Crippen molar-refractivity contribution in [2.75, 3.05) is 6.54 Å². The number of nitrogens with two attached hydrogens (primary N) is 1. The smallest absolute Gasteiger partial charge is 0.239 e. The Hall–Kier alpha value is -1.35. The predicted molar refractivity (Wildman–Crippen MR) is 52.1 cm³/mol. The molecular weight excluding hydrogens is 164 g/mol. The third kappa shape index (κ3) is 2.56. The standard InChI is InChI=1S/C10H14N2O/c1-2-12-9(10(11)13)8-6-4-3-5-7-8/h3-7,9,12H,2H2,1H3,(H2,11,13). The van der Waals surface area contributed by atoms with E-state index >= 15 is 0 Å². The number of hydrogen-bond donors (Lipinski definition) is 2. The van der Waals surface area contributed by atoms with Gasteiger partial charge in [-0.05, 0) is 12.1 Å². The van der Waals surface area contributed by atoms with Crippen molar-refractivity contribution in [2.24, 2.45) is 5.73 Å². The number of amides is 1. The van der Waals surface area contributed by atoms with Gasteiger partial charge in [-0.2, -0.15) is 0 Å². The average Bonchev–Trinajstić information content (AvgIpc) is 2.15. The van der Waals surface area contributed by atoms with Gasteiger partial charge in [0.15, 0.2) is 0 Å². The molecule has 1 aromatic carbocycles. The van der Waals surface area contributed by atoms with Crippen molar-refractivity contribution in [3.63, 3.8) is 0 Å². The Morgan fingerprint density at radius 1 is 1.46 bits per heavy atom. The maximum Gasteiger partial charge on any atom is 0.239 e. The van der Waals surface area contributed by atoms with Crippen LogP contribution in [-0.2, 0) is 4.79 Å². The van der Waals surface area contributed by atoms with Crippen molar-refractivity contribution in [2.45, 2.75) is 13.0 Å². The van der Waals surface area contributed by atoms with Crippen molar-refractivity contribution in [1.82, 2.24) is 5.32 Å². The maximum atomic E-state index is 11.0. The van der Waals surface area contributed by atoms with Gasteiger partial charge in [0, 0.05) is 0 Å². The highest BCUT2D eigenvalue weighted by atomic mass is 16.1. The van der Waals surface area contributed by atoms with Crippen LogP contribution in [0.3, 0.4) is 0 Å². The Kier molecular flexibility index (Phi) is 3.46. The summed E-state index contributed by atoms with van der Waals surface area (Å²) in [5.74, 6) is -0.340. The second-order valence-electron chi connectivity index (χ2n) is 2.80. The molecule has 3 N–H and O–H groups in total. The summed E-state index contributed by atoms with van der Waals surface area (Å²) in [6.07, 6.45) is 0. The number of carbonyl (C=O) groups is 1. The average molecular weight is 178 g/mol. The molecule has 0 bridgehead atoms. The molecule has 1 amide bonds. The molecule has 0 saturated heterocycles. The number of hydrogen-bond acceptors (Lipinski definition) is 2. The van der Waals surface area contributed by atoms with Gasteiger partial charge in [-0.1, -0.05) is 37.3 Å². The molecule has 1 unspecified atom stereocenters. The molecular formula is C10H14N2O. The minimum absolute atomic E-state index is 0.340. The molecule has 0 heterocycles. The summed E-state index contributed by atoms with van der Waals surface area (Å²) in [6, 6.07) is 9.10. The second-order valence-corrected chi connectivity index (χ2v) is 2.80. The minimum atomic E-state index is -0.369. The van der Waals surface area contributed by atoms with E-state index in [1.54, 1.807) is 0 Å². The monoisotopic (exact) mass is 178 g/mol. The number of rotatable bonds is 4. The second kappa shape index (κ2) is 4.62. The van der Waals surface area contributed by atoms with Crippen LogP contribution in [0.15, 0.2) is 30.3 Å². The lowest BCUT2D eigenvalue weighted by Gasteiger charge is -2.13. The largest absolute Gasteiger partial charge is 0.368 e. The summed E-state index contributed by atoms with van der Waals surface area (Å²) in [5, 5.41) is 3.02. The summed E-state index contributed by atoms with van der Waals surface area (Å²) < 4.78 is 0. The van der Waals surface area contributed by atoms with E-state index in [-0.39, 0.29) is 11.9 Å². The van der Waals surface area contributed by atoms with E-state index in [1.807, 2.05) is 37.3 Å². The highest BCUT2D eigenvalue weighted by Gasteiger charge is 2.14. The van der Waals surface area contributed by atoms with Gasteiger partial charge in [0.25, 0.3) is 0 Å². The first kappa shape index (κ1) is 9.74. The topological polar surface area (TPSA) is 55.1 Å². The van der Waals surface area contributed by atoms with Crippen molar-refractivity contribution < 1.29 is 4.79 Å². The van der Waals surface area contributed by atoms with Gasteiger partial charge in [-0.15, -0.1) is 0 Å². The Bertz CT molecular complexity index is 272. The van der Waals surface area contributed by atoms with E-state index in [1.165, 1.54) is 0 Å². The van der Waals surface area contributed by atoms with Gasteiger partial charge >= 0.3 is 0 Å². The summed E-state index contributed by atoms with van der Waals surface area (Å²) in [4.78, 5) is 11.0. The molecule has 0 spiro atoms. The van der Waals surface area contributed by atoms with E-state index in [0.717, 1.165) is 12.1 Å². The van der Waals surface area contributed by atoms with Gasteiger partial charge in [0.2, 0.25) is 5.91 Å². The van der Waals surface area contributed by atoms with E-state index in [4.69, 9.17) is 5.73 Å². The highest BCUT2D eigenvalue weighted by Crippen LogP contribution is 2.10. The molecule has 0 aliphatic rings. The number of carbonyl (C=O) groups excluding carboxylic acids is 1. The van der Waals surface area contributed by atoms with Crippen LogP contribution < -0.4 is 11.1 Å². The molecule has 0 fully saturated rings. The lowest BCUT2D eigenvalue weighted by Crippen LogP contribution is -2.33. The van der Waals surface area contributed by atoms with Crippen LogP contribution in [0.1, 0.15) is 18.5 Å². The molecule has 1 atom stereocenters. The van der Waals surface area contributed by atoms with E-state index in [9.17, 15) is 4.79 Å². The summed E-state index contributed by atoms with van der Waals surface area (Å²) in [6.45, 7) is 2.67. The summed E-state index contributed by atoms with van der Waals surface area (Å²) in [7, 11) is 0. The van der Waals surface area contributed by atoms with E-state index in [2.05, 4.69) is 5.32 Å². The third-order valence-corrected chi connectivity index (χ3v) is 1.83. The SMILES string of the molecule is CCNC(C(N)=O)c1ccccc1. The fourth-order valence-corrected chi connectivity index (χ4v) is 1.23. The number of likely N-dealkylation sites (N-methyl/N-ethyl adjacent to an activating group) is 1. The van der Waals surface area contributed by atoms with Crippen molar-refractivity contribution in [3.8, 4) is 0 Å². The van der Waals surface area contributed by atoms with Crippen LogP contribution in [0.5, 0.6) is 0 Å².